The first-order valence-corrected chi connectivity index (χ1v) is 4.67. The second-order valence-electron chi connectivity index (χ2n) is 3.02. The summed E-state index contributed by atoms with van der Waals surface area (Å²) in [5, 5.41) is 3.05. The molecule has 4 heteroatoms. The lowest BCUT2D eigenvalue weighted by atomic mass is 10.4. The third kappa shape index (κ3) is 7.74. The SMILES string of the molecule is CCOCCCNCC(=O)N(C)C. The number of ether oxygens (including phenoxy) is 1. The lowest BCUT2D eigenvalue weighted by Crippen LogP contribution is -2.33. The van der Waals surface area contributed by atoms with E-state index >= 15 is 0 Å². The normalized spacial score (nSPS) is 10.1. The van der Waals surface area contributed by atoms with Crippen molar-refractivity contribution in [2.75, 3.05) is 40.4 Å². The van der Waals surface area contributed by atoms with Gasteiger partial charge in [-0.1, -0.05) is 0 Å². The van der Waals surface area contributed by atoms with Gasteiger partial charge in [0.15, 0.2) is 0 Å². The van der Waals surface area contributed by atoms with Crippen molar-refractivity contribution in [2.45, 2.75) is 13.3 Å². The van der Waals surface area contributed by atoms with E-state index in [2.05, 4.69) is 5.32 Å². The maximum Gasteiger partial charge on any atom is 0.236 e. The van der Waals surface area contributed by atoms with Gasteiger partial charge in [0.05, 0.1) is 6.54 Å². The molecule has 0 fully saturated rings. The Morgan fingerprint density at radius 1 is 1.46 bits per heavy atom. The molecule has 0 saturated carbocycles. The molecule has 0 saturated heterocycles. The monoisotopic (exact) mass is 188 g/mol. The molecule has 0 spiro atoms. The number of hydrogen-bond acceptors (Lipinski definition) is 3. The summed E-state index contributed by atoms with van der Waals surface area (Å²) in [6.07, 6.45) is 0.953. The Labute approximate surface area is 80.2 Å². The molecule has 0 rings (SSSR count). The van der Waals surface area contributed by atoms with Crippen LogP contribution in [0.5, 0.6) is 0 Å². The summed E-state index contributed by atoms with van der Waals surface area (Å²) >= 11 is 0. The highest BCUT2D eigenvalue weighted by molar-refractivity contribution is 5.77. The summed E-state index contributed by atoms with van der Waals surface area (Å²) in [5.41, 5.74) is 0. The first-order valence-electron chi connectivity index (χ1n) is 4.67. The highest BCUT2D eigenvalue weighted by Gasteiger charge is 2.01. The van der Waals surface area contributed by atoms with Crippen molar-refractivity contribution in [1.82, 2.24) is 10.2 Å². The van der Waals surface area contributed by atoms with Gasteiger partial charge in [0.1, 0.15) is 0 Å². The van der Waals surface area contributed by atoms with Crippen LogP contribution in [0.1, 0.15) is 13.3 Å². The second kappa shape index (κ2) is 8.01. The number of amides is 1. The van der Waals surface area contributed by atoms with Crippen molar-refractivity contribution in [1.29, 1.82) is 0 Å². The van der Waals surface area contributed by atoms with E-state index in [1.54, 1.807) is 19.0 Å². The predicted molar refractivity (Wildman–Crippen MR) is 52.7 cm³/mol. The van der Waals surface area contributed by atoms with E-state index in [0.717, 1.165) is 26.2 Å². The van der Waals surface area contributed by atoms with Crippen LogP contribution in [-0.4, -0.2) is 51.2 Å². The molecule has 4 nitrogen and oxygen atoms in total. The van der Waals surface area contributed by atoms with Crippen LogP contribution in [0.3, 0.4) is 0 Å². The molecule has 13 heavy (non-hydrogen) atoms. The van der Waals surface area contributed by atoms with Gasteiger partial charge in [-0.15, -0.1) is 0 Å². The van der Waals surface area contributed by atoms with Crippen molar-refractivity contribution in [3.8, 4) is 0 Å². The smallest absolute Gasteiger partial charge is 0.236 e. The van der Waals surface area contributed by atoms with E-state index in [9.17, 15) is 4.79 Å². The highest BCUT2D eigenvalue weighted by Crippen LogP contribution is 1.81. The summed E-state index contributed by atoms with van der Waals surface area (Å²) in [4.78, 5) is 12.6. The zero-order chi connectivity index (χ0) is 10.1. The molecular weight excluding hydrogens is 168 g/mol. The molecule has 0 heterocycles. The van der Waals surface area contributed by atoms with Gasteiger partial charge >= 0.3 is 0 Å². The number of likely N-dealkylation sites (N-methyl/N-ethyl adjacent to an activating group) is 1. The standard InChI is InChI=1S/C9H20N2O2/c1-4-13-7-5-6-10-8-9(12)11(2)3/h10H,4-8H2,1-3H3. The van der Waals surface area contributed by atoms with E-state index in [1.807, 2.05) is 6.92 Å². The molecule has 0 aliphatic heterocycles. The van der Waals surface area contributed by atoms with Crippen LogP contribution in [0.25, 0.3) is 0 Å². The van der Waals surface area contributed by atoms with Crippen molar-refractivity contribution in [2.24, 2.45) is 0 Å². The Bertz CT molecular complexity index is 138. The van der Waals surface area contributed by atoms with Gasteiger partial charge in [-0.3, -0.25) is 4.79 Å². The van der Waals surface area contributed by atoms with Crippen LogP contribution in [0.4, 0.5) is 0 Å². The first-order chi connectivity index (χ1) is 6.18. The third-order valence-electron chi connectivity index (χ3n) is 1.62. The van der Waals surface area contributed by atoms with Crippen LogP contribution >= 0.6 is 0 Å². The minimum atomic E-state index is 0.108. The summed E-state index contributed by atoms with van der Waals surface area (Å²) in [6, 6.07) is 0. The summed E-state index contributed by atoms with van der Waals surface area (Å²) in [6.45, 7) is 4.75. The fraction of sp³-hybridized carbons (Fsp3) is 0.889. The van der Waals surface area contributed by atoms with E-state index in [-0.39, 0.29) is 5.91 Å². The molecule has 0 atom stereocenters. The Hall–Kier alpha value is -0.610. The van der Waals surface area contributed by atoms with Crippen molar-refractivity contribution in [3.05, 3.63) is 0 Å². The molecule has 0 aliphatic rings. The maximum atomic E-state index is 11.1. The van der Waals surface area contributed by atoms with Gasteiger partial charge in [-0.05, 0) is 19.9 Å². The van der Waals surface area contributed by atoms with Crippen molar-refractivity contribution < 1.29 is 9.53 Å². The fourth-order valence-electron chi connectivity index (χ4n) is 0.797. The zero-order valence-corrected chi connectivity index (χ0v) is 8.80. The van der Waals surface area contributed by atoms with Gasteiger partial charge in [-0.25, -0.2) is 0 Å². The lowest BCUT2D eigenvalue weighted by Gasteiger charge is -2.10. The molecule has 0 aromatic carbocycles. The highest BCUT2D eigenvalue weighted by atomic mass is 16.5. The van der Waals surface area contributed by atoms with E-state index in [4.69, 9.17) is 4.74 Å². The van der Waals surface area contributed by atoms with Gasteiger partial charge in [0, 0.05) is 27.3 Å². The topological polar surface area (TPSA) is 41.6 Å². The largest absolute Gasteiger partial charge is 0.382 e. The molecule has 0 radical (unpaired) electrons. The number of nitrogens with zero attached hydrogens (tertiary/aromatic N) is 1. The summed E-state index contributed by atoms with van der Waals surface area (Å²) in [7, 11) is 3.51. The van der Waals surface area contributed by atoms with Gasteiger partial charge < -0.3 is 15.0 Å². The molecule has 78 valence electrons. The zero-order valence-electron chi connectivity index (χ0n) is 8.80. The summed E-state index contributed by atoms with van der Waals surface area (Å²) in [5.74, 6) is 0.108. The van der Waals surface area contributed by atoms with Crippen LogP contribution in [0, 0.1) is 0 Å². The molecule has 0 aliphatic carbocycles. The fourth-order valence-corrected chi connectivity index (χ4v) is 0.797. The average Bonchev–Trinajstić information content (AvgIpc) is 2.10. The Morgan fingerprint density at radius 3 is 2.69 bits per heavy atom. The summed E-state index contributed by atoms with van der Waals surface area (Å²) < 4.78 is 5.15. The number of carbonyl (C=O) groups excluding carboxylic acids is 1. The maximum absolute atomic E-state index is 11.1. The van der Waals surface area contributed by atoms with Crippen LogP contribution < -0.4 is 5.32 Å². The van der Waals surface area contributed by atoms with Crippen molar-refractivity contribution in [3.63, 3.8) is 0 Å². The van der Waals surface area contributed by atoms with Gasteiger partial charge in [0.25, 0.3) is 0 Å². The molecule has 1 amide bonds. The minimum absolute atomic E-state index is 0.108. The Kier molecular flexibility index (Phi) is 7.63. The number of nitrogens with one attached hydrogen (secondary N) is 1. The third-order valence-corrected chi connectivity index (χ3v) is 1.62. The minimum Gasteiger partial charge on any atom is -0.382 e. The number of hydrogen-bond donors (Lipinski definition) is 1. The van der Waals surface area contributed by atoms with Gasteiger partial charge in [0.2, 0.25) is 5.91 Å². The van der Waals surface area contributed by atoms with E-state index in [0.29, 0.717) is 6.54 Å². The number of carbonyl (C=O) groups is 1. The molecule has 0 aromatic rings. The Balaban J connectivity index is 3.12. The molecular formula is C9H20N2O2. The van der Waals surface area contributed by atoms with Gasteiger partial charge in [-0.2, -0.15) is 0 Å². The second-order valence-corrected chi connectivity index (χ2v) is 3.02. The quantitative estimate of drug-likeness (QED) is 0.576. The van der Waals surface area contributed by atoms with Crippen molar-refractivity contribution >= 4 is 5.91 Å². The number of rotatable bonds is 7. The molecule has 1 N–H and O–H groups in total. The van der Waals surface area contributed by atoms with Crippen LogP contribution in [0.15, 0.2) is 0 Å². The van der Waals surface area contributed by atoms with Crippen LogP contribution in [-0.2, 0) is 9.53 Å². The molecule has 0 unspecified atom stereocenters. The Morgan fingerprint density at radius 2 is 2.15 bits per heavy atom. The van der Waals surface area contributed by atoms with E-state index in [1.165, 1.54) is 0 Å². The lowest BCUT2D eigenvalue weighted by molar-refractivity contribution is -0.127. The first kappa shape index (κ1) is 12.4. The van der Waals surface area contributed by atoms with E-state index < -0.39 is 0 Å². The predicted octanol–water partition coefficient (Wildman–Crippen LogP) is 0.0908. The average molecular weight is 188 g/mol. The molecule has 0 aromatic heterocycles. The van der Waals surface area contributed by atoms with Crippen LogP contribution in [0.2, 0.25) is 0 Å². The molecule has 0 bridgehead atoms.